The van der Waals surface area contributed by atoms with Gasteiger partial charge < -0.3 is 0 Å². The summed E-state index contributed by atoms with van der Waals surface area (Å²) in [5.41, 5.74) is 3.35. The lowest BCUT2D eigenvalue weighted by Crippen LogP contribution is -1.94. The molecule has 0 spiro atoms. The lowest BCUT2D eigenvalue weighted by molar-refractivity contribution is 1.08. The number of hydrogen-bond donors (Lipinski definition) is 0. The van der Waals surface area contributed by atoms with Gasteiger partial charge in [0.05, 0.1) is 16.7 Å². The Hall–Kier alpha value is -1.36. The summed E-state index contributed by atoms with van der Waals surface area (Å²) in [5, 5.41) is 0. The summed E-state index contributed by atoms with van der Waals surface area (Å²) >= 11 is 2.35. The van der Waals surface area contributed by atoms with Gasteiger partial charge in [0.2, 0.25) is 0 Å². The number of fused-ring (bicyclic) bond motifs is 1. The van der Waals surface area contributed by atoms with E-state index in [1.54, 1.807) is 0 Å². The zero-order valence-electron chi connectivity index (χ0n) is 8.47. The SMILES string of the molecule is Ic1ccccc1-n1cnc2ccccc21. The monoisotopic (exact) mass is 320 g/mol. The maximum Gasteiger partial charge on any atom is 0.100 e. The minimum absolute atomic E-state index is 1.03. The molecule has 0 fully saturated rings. The number of aromatic nitrogens is 2. The molecule has 3 rings (SSSR count). The first-order chi connectivity index (χ1) is 7.86. The fourth-order valence-corrected chi connectivity index (χ4v) is 2.45. The molecular formula is C13H9IN2. The molecule has 2 nitrogen and oxygen atoms in total. The highest BCUT2D eigenvalue weighted by Crippen LogP contribution is 2.21. The second-order valence-corrected chi connectivity index (χ2v) is 4.72. The average Bonchev–Trinajstić information content (AvgIpc) is 2.74. The Morgan fingerprint density at radius 1 is 0.938 bits per heavy atom. The third-order valence-electron chi connectivity index (χ3n) is 2.57. The molecule has 0 radical (unpaired) electrons. The van der Waals surface area contributed by atoms with Crippen LogP contribution in [0.5, 0.6) is 0 Å². The van der Waals surface area contributed by atoms with E-state index in [9.17, 15) is 0 Å². The van der Waals surface area contributed by atoms with Crippen molar-refractivity contribution in [3.8, 4) is 5.69 Å². The third-order valence-corrected chi connectivity index (χ3v) is 3.48. The van der Waals surface area contributed by atoms with Crippen LogP contribution in [0.1, 0.15) is 0 Å². The number of hydrogen-bond acceptors (Lipinski definition) is 1. The van der Waals surface area contributed by atoms with Gasteiger partial charge in [-0.15, -0.1) is 0 Å². The third kappa shape index (κ3) is 1.51. The maximum atomic E-state index is 4.40. The topological polar surface area (TPSA) is 17.8 Å². The van der Waals surface area contributed by atoms with E-state index in [0.29, 0.717) is 0 Å². The van der Waals surface area contributed by atoms with Gasteiger partial charge in [-0.25, -0.2) is 4.98 Å². The van der Waals surface area contributed by atoms with E-state index in [4.69, 9.17) is 0 Å². The van der Waals surface area contributed by atoms with E-state index in [-0.39, 0.29) is 0 Å². The Labute approximate surface area is 107 Å². The van der Waals surface area contributed by atoms with Gasteiger partial charge in [-0.1, -0.05) is 24.3 Å². The van der Waals surface area contributed by atoms with Gasteiger partial charge in [-0.2, -0.15) is 0 Å². The van der Waals surface area contributed by atoms with E-state index in [1.165, 1.54) is 9.26 Å². The lowest BCUT2D eigenvalue weighted by atomic mass is 10.3. The van der Waals surface area contributed by atoms with Crippen LogP contribution in [0.2, 0.25) is 0 Å². The number of nitrogens with zero attached hydrogens (tertiary/aromatic N) is 2. The van der Waals surface area contributed by atoms with Crippen LogP contribution >= 0.6 is 22.6 Å². The van der Waals surface area contributed by atoms with Crippen molar-refractivity contribution in [2.75, 3.05) is 0 Å². The summed E-state index contributed by atoms with van der Waals surface area (Å²) in [6, 6.07) is 16.5. The van der Waals surface area contributed by atoms with E-state index >= 15 is 0 Å². The van der Waals surface area contributed by atoms with Crippen LogP contribution in [0, 0.1) is 3.57 Å². The van der Waals surface area contributed by atoms with Gasteiger partial charge in [-0.05, 0) is 46.9 Å². The second-order valence-electron chi connectivity index (χ2n) is 3.55. The van der Waals surface area contributed by atoms with Gasteiger partial charge >= 0.3 is 0 Å². The summed E-state index contributed by atoms with van der Waals surface area (Å²) in [7, 11) is 0. The van der Waals surface area contributed by atoms with Gasteiger partial charge in [0.1, 0.15) is 6.33 Å². The highest BCUT2D eigenvalue weighted by Gasteiger charge is 2.05. The van der Waals surface area contributed by atoms with Gasteiger partial charge in [0.25, 0.3) is 0 Å². The van der Waals surface area contributed by atoms with Crippen molar-refractivity contribution in [2.45, 2.75) is 0 Å². The molecule has 78 valence electrons. The highest BCUT2D eigenvalue weighted by molar-refractivity contribution is 14.1. The molecule has 16 heavy (non-hydrogen) atoms. The zero-order valence-corrected chi connectivity index (χ0v) is 10.6. The molecular weight excluding hydrogens is 311 g/mol. The number of benzene rings is 2. The fourth-order valence-electron chi connectivity index (χ4n) is 1.80. The lowest BCUT2D eigenvalue weighted by Gasteiger charge is -2.06. The van der Waals surface area contributed by atoms with Crippen molar-refractivity contribution in [3.63, 3.8) is 0 Å². The van der Waals surface area contributed by atoms with Crippen LogP contribution < -0.4 is 0 Å². The minimum atomic E-state index is 1.03. The molecule has 0 N–H and O–H groups in total. The van der Waals surface area contributed by atoms with Crippen molar-refractivity contribution in [1.82, 2.24) is 9.55 Å². The molecule has 0 saturated carbocycles. The van der Waals surface area contributed by atoms with Gasteiger partial charge in [0.15, 0.2) is 0 Å². The predicted molar refractivity (Wildman–Crippen MR) is 73.8 cm³/mol. The van der Waals surface area contributed by atoms with Crippen LogP contribution in [0.3, 0.4) is 0 Å². The van der Waals surface area contributed by atoms with Crippen molar-refractivity contribution >= 4 is 33.6 Å². The summed E-state index contributed by atoms with van der Waals surface area (Å²) < 4.78 is 3.35. The Kier molecular flexibility index (Phi) is 2.40. The first kappa shape index (κ1) is 9.84. The molecule has 0 aliphatic carbocycles. The number of halogens is 1. The number of para-hydroxylation sites is 3. The Morgan fingerprint density at radius 2 is 1.69 bits per heavy atom. The molecule has 2 aromatic carbocycles. The molecule has 0 bridgehead atoms. The van der Waals surface area contributed by atoms with Crippen LogP contribution in [-0.2, 0) is 0 Å². The first-order valence-electron chi connectivity index (χ1n) is 5.03. The summed E-state index contributed by atoms with van der Waals surface area (Å²) in [6.45, 7) is 0. The normalized spacial score (nSPS) is 10.8. The standard InChI is InChI=1S/C13H9IN2/c14-10-5-1-3-7-12(10)16-9-15-11-6-2-4-8-13(11)16/h1-9H. The first-order valence-corrected chi connectivity index (χ1v) is 6.11. The molecule has 0 aliphatic rings. The Morgan fingerprint density at radius 3 is 2.56 bits per heavy atom. The Balaban J connectivity index is 2.31. The van der Waals surface area contributed by atoms with Crippen molar-refractivity contribution in [1.29, 1.82) is 0 Å². The van der Waals surface area contributed by atoms with Gasteiger partial charge in [-0.3, -0.25) is 4.57 Å². The van der Waals surface area contributed by atoms with Crippen molar-refractivity contribution in [3.05, 3.63) is 58.4 Å². The van der Waals surface area contributed by atoms with Crippen LogP contribution in [-0.4, -0.2) is 9.55 Å². The maximum absolute atomic E-state index is 4.40. The zero-order chi connectivity index (χ0) is 11.0. The van der Waals surface area contributed by atoms with E-state index in [2.05, 4.69) is 50.3 Å². The number of imidazole rings is 1. The van der Waals surface area contributed by atoms with Crippen LogP contribution in [0.15, 0.2) is 54.9 Å². The molecule has 0 atom stereocenters. The van der Waals surface area contributed by atoms with Gasteiger partial charge in [0, 0.05) is 3.57 Å². The Bertz CT molecular complexity index is 643. The molecule has 0 amide bonds. The average molecular weight is 320 g/mol. The minimum Gasteiger partial charge on any atom is -0.298 e. The molecule has 3 heteroatoms. The second kappa shape index (κ2) is 3.90. The smallest absolute Gasteiger partial charge is 0.100 e. The van der Waals surface area contributed by atoms with Crippen molar-refractivity contribution < 1.29 is 0 Å². The quantitative estimate of drug-likeness (QED) is 0.626. The van der Waals surface area contributed by atoms with Crippen LogP contribution in [0.25, 0.3) is 16.7 Å². The predicted octanol–water partition coefficient (Wildman–Crippen LogP) is 3.63. The molecule has 1 heterocycles. The largest absolute Gasteiger partial charge is 0.298 e. The van der Waals surface area contributed by atoms with E-state index in [0.717, 1.165) is 11.0 Å². The fraction of sp³-hybridized carbons (Fsp3) is 0. The molecule has 0 aliphatic heterocycles. The van der Waals surface area contributed by atoms with Crippen molar-refractivity contribution in [2.24, 2.45) is 0 Å². The summed E-state index contributed by atoms with van der Waals surface area (Å²) in [6.07, 6.45) is 1.88. The van der Waals surface area contributed by atoms with E-state index in [1.807, 2.05) is 36.7 Å². The molecule has 0 unspecified atom stereocenters. The van der Waals surface area contributed by atoms with E-state index < -0.39 is 0 Å². The van der Waals surface area contributed by atoms with Crippen LogP contribution in [0.4, 0.5) is 0 Å². The number of rotatable bonds is 1. The molecule has 0 saturated heterocycles. The highest BCUT2D eigenvalue weighted by atomic mass is 127. The molecule has 3 aromatic rings. The summed E-state index contributed by atoms with van der Waals surface area (Å²) in [5.74, 6) is 0. The summed E-state index contributed by atoms with van der Waals surface area (Å²) in [4.78, 5) is 4.40. The molecule has 1 aromatic heterocycles.